The number of likely N-dealkylation sites (tertiary alicyclic amines) is 1. The first-order valence-corrected chi connectivity index (χ1v) is 12.4. The van der Waals surface area contributed by atoms with Gasteiger partial charge in [-0.1, -0.05) is 30.3 Å². The van der Waals surface area contributed by atoms with Crippen molar-refractivity contribution in [2.45, 2.75) is 67.3 Å². The minimum atomic E-state index is -0.325. The predicted molar refractivity (Wildman–Crippen MR) is 115 cm³/mol. The topological polar surface area (TPSA) is 59.2 Å². The molecule has 2 heterocycles. The normalized spacial score (nSPS) is 33.2. The van der Waals surface area contributed by atoms with Crippen molar-refractivity contribution >= 4 is 17.7 Å². The van der Waals surface area contributed by atoms with E-state index in [4.69, 9.17) is 4.42 Å². The minimum absolute atomic E-state index is 0.0990. The Balaban J connectivity index is 1.26. The smallest absolute Gasteiger partial charge is 0.277 e. The fourth-order valence-electron chi connectivity index (χ4n) is 6.94. The van der Waals surface area contributed by atoms with Gasteiger partial charge < -0.3 is 9.32 Å². The molecule has 1 amide bonds. The number of carbonyl (C=O) groups is 1. The standard InChI is InChI=1S/C24H29N3O2S/c28-21(27-8-4-5-9-27)20(19-6-2-1-3-7-19)30-23-26-25-22(29-23)24-13-16-10-17(14-24)12-18(11-16)15-24/h1-3,6-7,16-18,20H,4-5,8-15H2/t16?,17?,18?,20-,24?/m1/s1. The fraction of sp³-hybridized carbons (Fsp3) is 0.625. The zero-order chi connectivity index (χ0) is 20.1. The number of rotatable bonds is 5. The van der Waals surface area contributed by atoms with E-state index in [-0.39, 0.29) is 16.6 Å². The fourth-order valence-corrected chi connectivity index (χ4v) is 7.90. The molecule has 30 heavy (non-hydrogen) atoms. The third-order valence-electron chi connectivity index (χ3n) is 7.86. The summed E-state index contributed by atoms with van der Waals surface area (Å²) in [7, 11) is 0. The highest BCUT2D eigenvalue weighted by Gasteiger charge is 2.54. The van der Waals surface area contributed by atoms with Crippen molar-refractivity contribution in [3.8, 4) is 0 Å². The van der Waals surface area contributed by atoms with Gasteiger partial charge in [0.25, 0.3) is 5.22 Å². The molecule has 0 unspecified atom stereocenters. The van der Waals surface area contributed by atoms with Gasteiger partial charge in [-0.15, -0.1) is 10.2 Å². The Bertz CT molecular complexity index is 886. The summed E-state index contributed by atoms with van der Waals surface area (Å²) >= 11 is 1.43. The molecule has 1 aromatic carbocycles. The van der Waals surface area contributed by atoms with Crippen molar-refractivity contribution in [2.75, 3.05) is 13.1 Å². The number of hydrogen-bond donors (Lipinski definition) is 0. The molecule has 5 fully saturated rings. The van der Waals surface area contributed by atoms with Crippen LogP contribution in [0.15, 0.2) is 40.0 Å². The molecule has 1 aliphatic heterocycles. The molecule has 4 saturated carbocycles. The summed E-state index contributed by atoms with van der Waals surface area (Å²) in [5.74, 6) is 3.52. The van der Waals surface area contributed by atoms with Crippen molar-refractivity contribution < 1.29 is 9.21 Å². The van der Waals surface area contributed by atoms with E-state index in [0.717, 1.165) is 55.1 Å². The van der Waals surface area contributed by atoms with Crippen LogP contribution in [0.3, 0.4) is 0 Å². The van der Waals surface area contributed by atoms with E-state index >= 15 is 0 Å². The van der Waals surface area contributed by atoms with Crippen molar-refractivity contribution in [3.63, 3.8) is 0 Å². The molecule has 0 radical (unpaired) electrons. The molecule has 2 aromatic rings. The van der Waals surface area contributed by atoms with E-state index in [1.54, 1.807) is 0 Å². The number of thioether (sulfide) groups is 1. The Labute approximate surface area is 182 Å². The Morgan fingerprint density at radius 3 is 2.27 bits per heavy atom. The van der Waals surface area contributed by atoms with Gasteiger partial charge >= 0.3 is 0 Å². The van der Waals surface area contributed by atoms with Crippen LogP contribution >= 0.6 is 11.8 Å². The average molecular weight is 424 g/mol. The van der Waals surface area contributed by atoms with E-state index in [1.807, 2.05) is 35.2 Å². The van der Waals surface area contributed by atoms with Gasteiger partial charge in [-0.05, 0) is 86.4 Å². The van der Waals surface area contributed by atoms with Crippen LogP contribution < -0.4 is 0 Å². The van der Waals surface area contributed by atoms with Crippen molar-refractivity contribution in [1.82, 2.24) is 15.1 Å². The van der Waals surface area contributed by atoms with Crippen molar-refractivity contribution in [3.05, 3.63) is 41.8 Å². The third-order valence-corrected chi connectivity index (χ3v) is 8.94. The largest absolute Gasteiger partial charge is 0.415 e. The average Bonchev–Trinajstić information content (AvgIpc) is 3.44. The van der Waals surface area contributed by atoms with Crippen LogP contribution in [0.25, 0.3) is 0 Å². The monoisotopic (exact) mass is 423 g/mol. The number of benzene rings is 1. The molecule has 5 aliphatic rings. The summed E-state index contributed by atoms with van der Waals surface area (Å²) in [6.45, 7) is 1.70. The molecule has 7 rings (SSSR count). The van der Waals surface area contributed by atoms with Crippen LogP contribution in [0.1, 0.15) is 68.1 Å². The first-order chi connectivity index (χ1) is 14.7. The maximum atomic E-state index is 13.3. The number of aromatic nitrogens is 2. The highest BCUT2D eigenvalue weighted by molar-refractivity contribution is 8.00. The van der Waals surface area contributed by atoms with Crippen LogP contribution in [-0.2, 0) is 10.2 Å². The molecule has 0 N–H and O–H groups in total. The van der Waals surface area contributed by atoms with Crippen molar-refractivity contribution in [2.24, 2.45) is 17.8 Å². The van der Waals surface area contributed by atoms with Gasteiger partial charge in [0, 0.05) is 18.5 Å². The lowest BCUT2D eigenvalue weighted by Gasteiger charge is -2.55. The van der Waals surface area contributed by atoms with E-state index in [2.05, 4.69) is 10.2 Å². The molecule has 1 atom stereocenters. The molecular formula is C24H29N3O2S. The van der Waals surface area contributed by atoms with Crippen LogP contribution in [-0.4, -0.2) is 34.1 Å². The van der Waals surface area contributed by atoms with Gasteiger partial charge in [0.2, 0.25) is 11.8 Å². The van der Waals surface area contributed by atoms with Crippen LogP contribution in [0.4, 0.5) is 0 Å². The molecule has 4 aliphatic carbocycles. The van der Waals surface area contributed by atoms with Gasteiger partial charge in [0.15, 0.2) is 0 Å². The molecule has 158 valence electrons. The van der Waals surface area contributed by atoms with E-state index in [1.165, 1.54) is 50.3 Å². The molecule has 1 aromatic heterocycles. The van der Waals surface area contributed by atoms with Gasteiger partial charge in [-0.3, -0.25) is 4.79 Å². The number of amides is 1. The molecule has 0 spiro atoms. The van der Waals surface area contributed by atoms with E-state index < -0.39 is 0 Å². The summed E-state index contributed by atoms with van der Waals surface area (Å²) in [5, 5.41) is 9.19. The lowest BCUT2D eigenvalue weighted by atomic mass is 9.49. The lowest BCUT2D eigenvalue weighted by Crippen LogP contribution is -2.48. The molecule has 1 saturated heterocycles. The Morgan fingerprint density at radius 1 is 1.00 bits per heavy atom. The summed E-state index contributed by atoms with van der Waals surface area (Å²) in [6.07, 6.45) is 10.0. The highest BCUT2D eigenvalue weighted by atomic mass is 32.2. The zero-order valence-corrected chi connectivity index (χ0v) is 18.2. The first-order valence-electron chi connectivity index (χ1n) is 11.5. The summed E-state index contributed by atoms with van der Waals surface area (Å²) in [4.78, 5) is 15.3. The zero-order valence-electron chi connectivity index (χ0n) is 17.3. The highest BCUT2D eigenvalue weighted by Crippen LogP contribution is 2.60. The maximum absolute atomic E-state index is 13.3. The molecule has 6 heteroatoms. The van der Waals surface area contributed by atoms with Gasteiger partial charge in [0.1, 0.15) is 5.25 Å². The molecule has 5 nitrogen and oxygen atoms in total. The second-order valence-electron chi connectivity index (χ2n) is 10.0. The first kappa shape index (κ1) is 18.9. The van der Waals surface area contributed by atoms with Crippen LogP contribution in [0.5, 0.6) is 0 Å². The quantitative estimate of drug-likeness (QED) is 0.634. The maximum Gasteiger partial charge on any atom is 0.277 e. The minimum Gasteiger partial charge on any atom is -0.415 e. The summed E-state index contributed by atoms with van der Waals surface area (Å²) in [5.41, 5.74) is 1.11. The summed E-state index contributed by atoms with van der Waals surface area (Å²) < 4.78 is 6.30. The summed E-state index contributed by atoms with van der Waals surface area (Å²) in [6, 6.07) is 10.0. The third kappa shape index (κ3) is 3.28. The molecular weight excluding hydrogens is 394 g/mol. The number of hydrogen-bond acceptors (Lipinski definition) is 5. The van der Waals surface area contributed by atoms with Gasteiger partial charge in [0.05, 0.1) is 0 Å². The lowest BCUT2D eigenvalue weighted by molar-refractivity contribution is -0.129. The second kappa shape index (κ2) is 7.40. The van der Waals surface area contributed by atoms with Crippen molar-refractivity contribution in [1.29, 1.82) is 0 Å². The van der Waals surface area contributed by atoms with E-state index in [9.17, 15) is 4.79 Å². The number of nitrogens with zero attached hydrogens (tertiary/aromatic N) is 3. The molecule has 4 bridgehead atoms. The van der Waals surface area contributed by atoms with Gasteiger partial charge in [-0.2, -0.15) is 0 Å². The Kier molecular flexibility index (Phi) is 4.66. The van der Waals surface area contributed by atoms with Crippen LogP contribution in [0, 0.1) is 17.8 Å². The second-order valence-corrected chi connectivity index (χ2v) is 11.1. The van der Waals surface area contributed by atoms with Gasteiger partial charge in [-0.25, -0.2) is 0 Å². The predicted octanol–water partition coefficient (Wildman–Crippen LogP) is 4.99. The Hall–Kier alpha value is -1.82. The Morgan fingerprint density at radius 2 is 1.63 bits per heavy atom. The van der Waals surface area contributed by atoms with E-state index in [0.29, 0.717) is 5.22 Å². The van der Waals surface area contributed by atoms with Crippen LogP contribution in [0.2, 0.25) is 0 Å². The number of carbonyl (C=O) groups excluding carboxylic acids is 1. The SMILES string of the molecule is O=C([C@H](Sc1nnc(C23CC4CC(CC(C4)C2)C3)o1)c1ccccc1)N1CCCC1.